The maximum Gasteiger partial charge on any atom is 0.234 e. The lowest BCUT2D eigenvalue weighted by atomic mass is 10.0. The summed E-state index contributed by atoms with van der Waals surface area (Å²) in [4.78, 5) is 16.6. The van der Waals surface area contributed by atoms with Crippen molar-refractivity contribution in [2.75, 3.05) is 11.1 Å². The Hall–Kier alpha value is -2.60. The molecule has 1 amide bonds. The predicted octanol–water partition coefficient (Wildman–Crippen LogP) is 3.69. The molecule has 0 aliphatic carbocycles. The van der Waals surface area contributed by atoms with E-state index in [-0.39, 0.29) is 11.7 Å². The van der Waals surface area contributed by atoms with E-state index in [1.807, 2.05) is 49.4 Å². The predicted molar refractivity (Wildman–Crippen MR) is 101 cm³/mol. The number of aryl methyl sites for hydroxylation is 1. The first-order valence-corrected chi connectivity index (χ1v) is 9.19. The lowest BCUT2D eigenvalue weighted by Gasteiger charge is -2.11. The van der Waals surface area contributed by atoms with Gasteiger partial charge in [-0.3, -0.25) is 9.89 Å². The molecule has 0 saturated heterocycles. The largest absolute Gasteiger partial charge is 0.325 e. The minimum absolute atomic E-state index is 0.0617. The van der Waals surface area contributed by atoms with E-state index in [2.05, 4.69) is 32.6 Å². The summed E-state index contributed by atoms with van der Waals surface area (Å²) in [6, 6.07) is 18.1. The van der Waals surface area contributed by atoms with Crippen molar-refractivity contribution in [3.05, 3.63) is 71.5 Å². The van der Waals surface area contributed by atoms with Crippen LogP contribution in [0.2, 0.25) is 0 Å². The van der Waals surface area contributed by atoms with Gasteiger partial charge in [-0.15, -0.1) is 5.10 Å². The highest BCUT2D eigenvalue weighted by Crippen LogP contribution is 2.20. The summed E-state index contributed by atoms with van der Waals surface area (Å²) in [5, 5.41) is 10.5. The van der Waals surface area contributed by atoms with Crippen LogP contribution < -0.4 is 5.32 Å². The van der Waals surface area contributed by atoms with Crippen molar-refractivity contribution in [1.82, 2.24) is 15.2 Å². The summed E-state index contributed by atoms with van der Waals surface area (Å²) in [6.45, 7) is 2.01. The number of aromatic nitrogens is 3. The van der Waals surface area contributed by atoms with E-state index in [1.54, 1.807) is 0 Å². The Morgan fingerprint density at radius 2 is 1.88 bits per heavy atom. The van der Waals surface area contributed by atoms with Crippen molar-refractivity contribution in [1.29, 1.82) is 0 Å². The highest BCUT2D eigenvalue weighted by atomic mass is 32.2. The fourth-order valence-electron chi connectivity index (χ4n) is 2.43. The van der Waals surface area contributed by atoms with Crippen LogP contribution in [0.15, 0.2) is 59.8 Å². The number of nitrogens with zero attached hydrogens (tertiary/aromatic N) is 2. The van der Waals surface area contributed by atoms with Crippen LogP contribution in [-0.4, -0.2) is 26.8 Å². The SMILES string of the molecule is CCc1nc(SCC(=O)Nc2ccccc2Cc2ccccc2)n[nH]1. The summed E-state index contributed by atoms with van der Waals surface area (Å²) < 4.78 is 0. The third-order valence-corrected chi connectivity index (χ3v) is 4.55. The average molecular weight is 352 g/mol. The van der Waals surface area contributed by atoms with E-state index in [4.69, 9.17) is 0 Å². The lowest BCUT2D eigenvalue weighted by molar-refractivity contribution is -0.113. The number of thioether (sulfide) groups is 1. The zero-order valence-electron chi connectivity index (χ0n) is 14.0. The van der Waals surface area contributed by atoms with Crippen LogP contribution in [0, 0.1) is 0 Å². The molecule has 0 saturated carbocycles. The number of benzene rings is 2. The molecule has 0 radical (unpaired) electrons. The van der Waals surface area contributed by atoms with Gasteiger partial charge in [0.2, 0.25) is 11.1 Å². The summed E-state index contributed by atoms with van der Waals surface area (Å²) in [6.07, 6.45) is 1.58. The van der Waals surface area contributed by atoms with Crippen LogP contribution in [-0.2, 0) is 17.6 Å². The average Bonchev–Trinajstić information content (AvgIpc) is 3.11. The fraction of sp³-hybridized carbons (Fsp3) is 0.211. The first kappa shape index (κ1) is 17.2. The normalized spacial score (nSPS) is 10.6. The summed E-state index contributed by atoms with van der Waals surface area (Å²) in [7, 11) is 0. The van der Waals surface area contributed by atoms with E-state index in [1.165, 1.54) is 17.3 Å². The molecule has 128 valence electrons. The van der Waals surface area contributed by atoms with Crippen LogP contribution >= 0.6 is 11.8 Å². The number of carbonyl (C=O) groups excluding carboxylic acids is 1. The Labute approximate surface area is 151 Å². The van der Waals surface area contributed by atoms with Gasteiger partial charge in [-0.25, -0.2) is 4.98 Å². The van der Waals surface area contributed by atoms with E-state index < -0.39 is 0 Å². The van der Waals surface area contributed by atoms with E-state index >= 15 is 0 Å². The van der Waals surface area contributed by atoms with Crippen LogP contribution in [0.1, 0.15) is 23.9 Å². The molecule has 3 aromatic rings. The first-order chi connectivity index (χ1) is 12.2. The molecule has 6 heteroatoms. The second kappa shape index (κ2) is 8.48. The Morgan fingerprint density at radius 3 is 2.64 bits per heavy atom. The first-order valence-electron chi connectivity index (χ1n) is 8.20. The molecule has 0 atom stereocenters. The number of hydrogen-bond acceptors (Lipinski definition) is 4. The molecule has 0 unspecified atom stereocenters. The molecule has 1 heterocycles. The van der Waals surface area contributed by atoms with Crippen LogP contribution in [0.3, 0.4) is 0 Å². The third kappa shape index (κ3) is 4.93. The minimum Gasteiger partial charge on any atom is -0.325 e. The number of para-hydroxylation sites is 1. The highest BCUT2D eigenvalue weighted by molar-refractivity contribution is 7.99. The third-order valence-electron chi connectivity index (χ3n) is 3.71. The number of carbonyl (C=O) groups is 1. The number of anilines is 1. The molecule has 1 aromatic heterocycles. The summed E-state index contributed by atoms with van der Waals surface area (Å²) >= 11 is 1.33. The molecular weight excluding hydrogens is 332 g/mol. The van der Waals surface area contributed by atoms with Crippen molar-refractivity contribution in [2.24, 2.45) is 0 Å². The standard InChI is InChI=1S/C19H20N4OS/c1-2-17-21-19(23-22-17)25-13-18(24)20-16-11-7-6-10-15(16)12-14-8-4-3-5-9-14/h3-11H,2,12-13H2,1H3,(H,20,24)(H,21,22,23). The van der Waals surface area contributed by atoms with Crippen LogP contribution in [0.5, 0.6) is 0 Å². The Bertz CT molecular complexity index is 832. The Kier molecular flexibility index (Phi) is 5.85. The van der Waals surface area contributed by atoms with E-state index in [0.29, 0.717) is 5.16 Å². The molecule has 3 rings (SSSR count). The summed E-state index contributed by atoms with van der Waals surface area (Å²) in [5.74, 6) is 1.05. The van der Waals surface area contributed by atoms with Gasteiger partial charge in [0.05, 0.1) is 5.75 Å². The number of nitrogens with one attached hydrogen (secondary N) is 2. The van der Waals surface area contributed by atoms with Gasteiger partial charge in [-0.05, 0) is 23.6 Å². The van der Waals surface area contributed by atoms with Gasteiger partial charge in [-0.1, -0.05) is 67.2 Å². The Balaban J connectivity index is 1.61. The minimum atomic E-state index is -0.0617. The molecule has 2 N–H and O–H groups in total. The van der Waals surface area contributed by atoms with Crippen LogP contribution in [0.25, 0.3) is 0 Å². The van der Waals surface area contributed by atoms with E-state index in [0.717, 1.165) is 29.9 Å². The highest BCUT2D eigenvalue weighted by Gasteiger charge is 2.10. The van der Waals surface area contributed by atoms with Crippen molar-refractivity contribution < 1.29 is 4.79 Å². The molecule has 0 aliphatic rings. The topological polar surface area (TPSA) is 70.7 Å². The molecule has 0 spiro atoms. The number of amides is 1. The second-order valence-corrected chi connectivity index (χ2v) is 6.52. The molecule has 25 heavy (non-hydrogen) atoms. The van der Waals surface area contributed by atoms with Crippen molar-refractivity contribution in [3.8, 4) is 0 Å². The lowest BCUT2D eigenvalue weighted by Crippen LogP contribution is -2.15. The fourth-order valence-corrected chi connectivity index (χ4v) is 3.05. The van der Waals surface area contributed by atoms with Gasteiger partial charge < -0.3 is 5.32 Å². The monoisotopic (exact) mass is 352 g/mol. The number of hydrogen-bond donors (Lipinski definition) is 2. The van der Waals surface area contributed by atoms with Gasteiger partial charge >= 0.3 is 0 Å². The maximum absolute atomic E-state index is 12.3. The zero-order valence-corrected chi connectivity index (χ0v) is 14.8. The molecule has 5 nitrogen and oxygen atoms in total. The molecule has 0 aliphatic heterocycles. The van der Waals surface area contributed by atoms with Gasteiger partial charge in [0.1, 0.15) is 5.82 Å². The molecular formula is C19H20N4OS. The van der Waals surface area contributed by atoms with Gasteiger partial charge in [-0.2, -0.15) is 0 Å². The van der Waals surface area contributed by atoms with Crippen molar-refractivity contribution in [3.63, 3.8) is 0 Å². The number of H-pyrrole nitrogens is 1. The smallest absolute Gasteiger partial charge is 0.234 e. The van der Waals surface area contributed by atoms with Gasteiger partial charge in [0.25, 0.3) is 0 Å². The van der Waals surface area contributed by atoms with Crippen molar-refractivity contribution >= 4 is 23.4 Å². The van der Waals surface area contributed by atoms with Crippen LogP contribution in [0.4, 0.5) is 5.69 Å². The quantitative estimate of drug-likeness (QED) is 0.636. The second-order valence-electron chi connectivity index (χ2n) is 5.57. The van der Waals surface area contributed by atoms with Gasteiger partial charge in [0.15, 0.2) is 0 Å². The summed E-state index contributed by atoms with van der Waals surface area (Å²) in [5.41, 5.74) is 3.16. The van der Waals surface area contributed by atoms with Gasteiger partial charge in [0, 0.05) is 12.1 Å². The van der Waals surface area contributed by atoms with Crippen molar-refractivity contribution in [2.45, 2.75) is 24.9 Å². The molecule has 0 fully saturated rings. The number of rotatable bonds is 7. The number of aromatic amines is 1. The maximum atomic E-state index is 12.3. The molecule has 0 bridgehead atoms. The van der Waals surface area contributed by atoms with E-state index in [9.17, 15) is 4.79 Å². The molecule has 2 aromatic carbocycles. The zero-order chi connectivity index (χ0) is 17.5. The Morgan fingerprint density at radius 1 is 1.12 bits per heavy atom.